The predicted octanol–water partition coefficient (Wildman–Crippen LogP) is 1.66. The van der Waals surface area contributed by atoms with Gasteiger partial charge in [-0.2, -0.15) is 0 Å². The number of benzene rings is 1. The second-order valence-corrected chi connectivity index (χ2v) is 5.74. The molecule has 1 aromatic carbocycles. The lowest BCUT2D eigenvalue weighted by Gasteiger charge is -2.28. The minimum Gasteiger partial charge on any atom is -0.353 e. The maximum Gasteiger partial charge on any atom is 0.223 e. The van der Waals surface area contributed by atoms with E-state index in [1.54, 1.807) is 0 Å². The molecule has 0 bridgehead atoms. The number of rotatable bonds is 2. The van der Waals surface area contributed by atoms with Crippen molar-refractivity contribution in [2.24, 2.45) is 5.92 Å². The van der Waals surface area contributed by atoms with Crippen LogP contribution in [0.25, 0.3) is 0 Å². The number of carbonyl (C=O) groups excluding carboxylic acids is 1. The van der Waals surface area contributed by atoms with Crippen LogP contribution in [0.2, 0.25) is 0 Å². The van der Waals surface area contributed by atoms with Gasteiger partial charge in [0.2, 0.25) is 5.91 Å². The summed E-state index contributed by atoms with van der Waals surface area (Å²) in [6, 6.07) is 8.93. The molecule has 0 spiro atoms. The van der Waals surface area contributed by atoms with Crippen LogP contribution in [0.4, 0.5) is 0 Å². The second-order valence-electron chi connectivity index (χ2n) is 5.74. The van der Waals surface area contributed by atoms with Gasteiger partial charge in [-0.1, -0.05) is 24.3 Å². The third-order valence-electron chi connectivity index (χ3n) is 4.40. The topological polar surface area (TPSA) is 41.1 Å². The Bertz CT molecular complexity index is 452. The summed E-state index contributed by atoms with van der Waals surface area (Å²) >= 11 is 0. The molecule has 3 heteroatoms. The summed E-state index contributed by atoms with van der Waals surface area (Å²) < 4.78 is 0. The number of hydrogen-bond donors (Lipinski definition) is 2. The molecule has 1 atom stereocenters. The van der Waals surface area contributed by atoms with Gasteiger partial charge in [0, 0.05) is 12.0 Å². The summed E-state index contributed by atoms with van der Waals surface area (Å²) in [6.45, 7) is 1.96. The fourth-order valence-electron chi connectivity index (χ4n) is 3.22. The highest BCUT2D eigenvalue weighted by atomic mass is 16.1. The molecule has 19 heavy (non-hydrogen) atoms. The van der Waals surface area contributed by atoms with Crippen molar-refractivity contribution >= 4 is 5.91 Å². The Labute approximate surface area is 114 Å². The molecule has 1 heterocycles. The maximum atomic E-state index is 12.2. The zero-order valence-corrected chi connectivity index (χ0v) is 11.3. The van der Waals surface area contributed by atoms with E-state index in [1.165, 1.54) is 11.1 Å². The van der Waals surface area contributed by atoms with Gasteiger partial charge in [0.25, 0.3) is 0 Å². The molecule has 1 amide bonds. The fourth-order valence-corrected chi connectivity index (χ4v) is 3.22. The Morgan fingerprint density at radius 1 is 1.11 bits per heavy atom. The molecule has 0 aromatic heterocycles. The Balaban J connectivity index is 1.58. The van der Waals surface area contributed by atoms with Crippen LogP contribution in [0.15, 0.2) is 24.3 Å². The van der Waals surface area contributed by atoms with Crippen molar-refractivity contribution in [2.75, 3.05) is 13.1 Å². The van der Waals surface area contributed by atoms with Crippen molar-refractivity contribution in [1.82, 2.24) is 10.6 Å². The first kappa shape index (κ1) is 12.7. The van der Waals surface area contributed by atoms with Gasteiger partial charge in [0.1, 0.15) is 0 Å². The average molecular weight is 258 g/mol. The lowest BCUT2D eigenvalue weighted by molar-refractivity contribution is -0.126. The van der Waals surface area contributed by atoms with Crippen LogP contribution in [0.1, 0.15) is 30.4 Å². The van der Waals surface area contributed by atoms with Crippen molar-refractivity contribution in [3.8, 4) is 0 Å². The number of piperidine rings is 1. The van der Waals surface area contributed by atoms with Crippen LogP contribution in [-0.4, -0.2) is 25.0 Å². The SMILES string of the molecule is O=C(NC1CCc2ccccc2C1)C1CCNCC1. The van der Waals surface area contributed by atoms with E-state index in [4.69, 9.17) is 0 Å². The van der Waals surface area contributed by atoms with Crippen LogP contribution in [0, 0.1) is 5.92 Å². The standard InChI is InChI=1S/C16H22N2O/c19-16(13-7-9-17-10-8-13)18-15-6-5-12-3-1-2-4-14(12)11-15/h1-4,13,15,17H,5-11H2,(H,18,19). The molecule has 0 saturated carbocycles. The molecule has 1 aliphatic heterocycles. The summed E-state index contributed by atoms with van der Waals surface area (Å²) in [7, 11) is 0. The van der Waals surface area contributed by atoms with Crippen molar-refractivity contribution in [2.45, 2.75) is 38.1 Å². The van der Waals surface area contributed by atoms with Crippen LogP contribution >= 0.6 is 0 Å². The van der Waals surface area contributed by atoms with Gasteiger partial charge < -0.3 is 10.6 Å². The number of hydrogen-bond acceptors (Lipinski definition) is 2. The van der Waals surface area contributed by atoms with Crippen LogP contribution in [-0.2, 0) is 17.6 Å². The van der Waals surface area contributed by atoms with Crippen molar-refractivity contribution in [3.05, 3.63) is 35.4 Å². The molecule has 1 aliphatic carbocycles. The van der Waals surface area contributed by atoms with Gasteiger partial charge >= 0.3 is 0 Å². The highest BCUT2D eigenvalue weighted by Crippen LogP contribution is 2.22. The third kappa shape index (κ3) is 2.98. The quantitative estimate of drug-likeness (QED) is 0.847. The van der Waals surface area contributed by atoms with E-state index >= 15 is 0 Å². The first-order valence-corrected chi connectivity index (χ1v) is 7.41. The van der Waals surface area contributed by atoms with E-state index in [0.29, 0.717) is 6.04 Å². The number of carbonyl (C=O) groups is 1. The van der Waals surface area contributed by atoms with E-state index < -0.39 is 0 Å². The minimum absolute atomic E-state index is 0.221. The van der Waals surface area contributed by atoms with E-state index in [9.17, 15) is 4.79 Å². The summed E-state index contributed by atoms with van der Waals surface area (Å²) in [6.07, 6.45) is 5.12. The first-order valence-electron chi connectivity index (χ1n) is 7.41. The molecule has 2 N–H and O–H groups in total. The highest BCUT2D eigenvalue weighted by Gasteiger charge is 2.25. The lowest BCUT2D eigenvalue weighted by Crippen LogP contribution is -2.44. The van der Waals surface area contributed by atoms with Crippen LogP contribution in [0.3, 0.4) is 0 Å². The maximum absolute atomic E-state index is 12.2. The largest absolute Gasteiger partial charge is 0.353 e. The Hall–Kier alpha value is -1.35. The summed E-state index contributed by atoms with van der Waals surface area (Å²) in [5, 5.41) is 6.57. The predicted molar refractivity (Wildman–Crippen MR) is 76.0 cm³/mol. The molecule has 1 fully saturated rings. The fraction of sp³-hybridized carbons (Fsp3) is 0.562. The smallest absolute Gasteiger partial charge is 0.223 e. The minimum atomic E-state index is 0.221. The summed E-state index contributed by atoms with van der Waals surface area (Å²) in [5.41, 5.74) is 2.86. The Morgan fingerprint density at radius 2 is 1.84 bits per heavy atom. The Kier molecular flexibility index (Phi) is 3.83. The second kappa shape index (κ2) is 5.74. The first-order chi connectivity index (χ1) is 9.33. The van der Waals surface area contributed by atoms with Crippen LogP contribution in [0.5, 0.6) is 0 Å². The van der Waals surface area contributed by atoms with E-state index in [-0.39, 0.29) is 11.8 Å². The van der Waals surface area contributed by atoms with Gasteiger partial charge in [0.15, 0.2) is 0 Å². The molecule has 3 rings (SSSR count). The molecule has 2 aliphatic rings. The van der Waals surface area contributed by atoms with Crippen molar-refractivity contribution in [3.63, 3.8) is 0 Å². The van der Waals surface area contributed by atoms with Gasteiger partial charge in [-0.15, -0.1) is 0 Å². The molecule has 0 radical (unpaired) electrons. The third-order valence-corrected chi connectivity index (χ3v) is 4.40. The zero-order valence-electron chi connectivity index (χ0n) is 11.3. The zero-order chi connectivity index (χ0) is 13.1. The summed E-state index contributed by atoms with van der Waals surface area (Å²) in [4.78, 5) is 12.2. The normalized spacial score (nSPS) is 23.7. The molecule has 1 unspecified atom stereocenters. The molecule has 1 aromatic rings. The lowest BCUT2D eigenvalue weighted by atomic mass is 9.87. The number of fused-ring (bicyclic) bond motifs is 1. The Morgan fingerprint density at radius 3 is 2.63 bits per heavy atom. The van der Waals surface area contributed by atoms with Crippen molar-refractivity contribution in [1.29, 1.82) is 0 Å². The van der Waals surface area contributed by atoms with Crippen molar-refractivity contribution < 1.29 is 4.79 Å². The van der Waals surface area contributed by atoms with E-state index in [2.05, 4.69) is 34.9 Å². The monoisotopic (exact) mass is 258 g/mol. The number of amides is 1. The van der Waals surface area contributed by atoms with Gasteiger partial charge in [-0.05, 0) is 56.3 Å². The molecule has 3 nitrogen and oxygen atoms in total. The van der Waals surface area contributed by atoms with Gasteiger partial charge in [-0.3, -0.25) is 4.79 Å². The average Bonchev–Trinajstić information content (AvgIpc) is 2.48. The summed E-state index contributed by atoms with van der Waals surface area (Å²) in [5.74, 6) is 0.490. The molecular weight excluding hydrogens is 236 g/mol. The number of nitrogens with one attached hydrogen (secondary N) is 2. The van der Waals surface area contributed by atoms with Gasteiger partial charge in [0.05, 0.1) is 0 Å². The van der Waals surface area contributed by atoms with Gasteiger partial charge in [-0.25, -0.2) is 0 Å². The van der Waals surface area contributed by atoms with E-state index in [0.717, 1.165) is 45.2 Å². The molecule has 1 saturated heterocycles. The number of aryl methyl sites for hydroxylation is 1. The molecule has 102 valence electrons. The highest BCUT2D eigenvalue weighted by molar-refractivity contribution is 5.79. The van der Waals surface area contributed by atoms with Crippen LogP contribution < -0.4 is 10.6 Å². The van der Waals surface area contributed by atoms with E-state index in [1.807, 2.05) is 0 Å². The molecular formula is C16H22N2O.